The molecule has 28 heavy (non-hydrogen) atoms. The van der Waals surface area contributed by atoms with Crippen molar-refractivity contribution < 1.29 is 4.79 Å². The lowest BCUT2D eigenvalue weighted by molar-refractivity contribution is -0.129. The second-order valence-electron chi connectivity index (χ2n) is 7.50. The van der Waals surface area contributed by atoms with Crippen LogP contribution in [0.15, 0.2) is 30.6 Å². The monoisotopic (exact) mass is 400 g/mol. The zero-order chi connectivity index (χ0) is 19.5. The van der Waals surface area contributed by atoms with Gasteiger partial charge in [0.25, 0.3) is 0 Å². The molecule has 0 spiro atoms. The average molecular weight is 401 g/mol. The molecule has 0 aliphatic carbocycles. The number of hydrogen-bond donors (Lipinski definition) is 1. The number of carbonyl (C=O) groups excluding carboxylic acids is 1. The highest BCUT2D eigenvalue weighted by atomic mass is 35.5. The maximum absolute atomic E-state index is 11.7. The Morgan fingerprint density at radius 3 is 2.89 bits per heavy atom. The summed E-state index contributed by atoms with van der Waals surface area (Å²) in [6.07, 6.45) is 6.50. The van der Waals surface area contributed by atoms with E-state index in [1.165, 1.54) is 0 Å². The van der Waals surface area contributed by atoms with Crippen molar-refractivity contribution in [1.29, 1.82) is 0 Å². The number of halogens is 1. The molecule has 2 aromatic rings. The molecule has 2 aliphatic heterocycles. The molecule has 2 aliphatic rings. The first-order valence-corrected chi connectivity index (χ1v) is 10.2. The molecule has 1 unspecified atom stereocenters. The number of aromatic nitrogens is 3. The smallest absolute Gasteiger partial charge is 0.224 e. The van der Waals surface area contributed by atoms with E-state index in [1.807, 2.05) is 23.2 Å². The van der Waals surface area contributed by atoms with Crippen molar-refractivity contribution in [2.45, 2.75) is 38.1 Å². The minimum Gasteiger partial charge on any atom is -0.355 e. The van der Waals surface area contributed by atoms with Gasteiger partial charge >= 0.3 is 0 Å². The van der Waals surface area contributed by atoms with Gasteiger partial charge < -0.3 is 15.1 Å². The number of piperidine rings is 1. The van der Waals surface area contributed by atoms with Crippen LogP contribution < -0.4 is 10.2 Å². The van der Waals surface area contributed by atoms with Gasteiger partial charge in [0.15, 0.2) is 5.82 Å². The fourth-order valence-corrected chi connectivity index (χ4v) is 4.24. The van der Waals surface area contributed by atoms with E-state index in [-0.39, 0.29) is 11.9 Å². The Kier molecular flexibility index (Phi) is 5.62. The minimum atomic E-state index is 0.113. The molecule has 1 amide bonds. The van der Waals surface area contributed by atoms with Gasteiger partial charge in [0.05, 0.1) is 6.20 Å². The van der Waals surface area contributed by atoms with Crippen LogP contribution in [0.5, 0.6) is 0 Å². The number of nitrogens with zero attached hydrogens (tertiary/aromatic N) is 5. The molecular weight excluding hydrogens is 376 g/mol. The molecule has 0 radical (unpaired) electrons. The number of nitrogens with one attached hydrogen (secondary N) is 1. The highest BCUT2D eigenvalue weighted by Crippen LogP contribution is 2.32. The first-order valence-electron chi connectivity index (χ1n) is 9.80. The quantitative estimate of drug-likeness (QED) is 0.850. The van der Waals surface area contributed by atoms with Crippen LogP contribution >= 0.6 is 11.6 Å². The summed E-state index contributed by atoms with van der Waals surface area (Å²) >= 11 is 6.41. The Bertz CT molecular complexity index is 833. The van der Waals surface area contributed by atoms with E-state index in [4.69, 9.17) is 16.6 Å². The summed E-state index contributed by atoms with van der Waals surface area (Å²) < 4.78 is 0. The van der Waals surface area contributed by atoms with E-state index in [1.54, 1.807) is 13.1 Å². The summed E-state index contributed by atoms with van der Waals surface area (Å²) in [6.45, 7) is 4.85. The summed E-state index contributed by atoms with van der Waals surface area (Å²) in [5.74, 6) is 1.82. The van der Waals surface area contributed by atoms with E-state index in [9.17, 15) is 4.79 Å². The van der Waals surface area contributed by atoms with Crippen molar-refractivity contribution in [2.75, 3.05) is 36.4 Å². The molecule has 4 rings (SSSR count). The van der Waals surface area contributed by atoms with Gasteiger partial charge in [0, 0.05) is 57.0 Å². The normalized spacial score (nSPS) is 22.4. The fraction of sp³-hybridized carbons (Fsp3) is 0.500. The number of pyridine rings is 1. The average Bonchev–Trinajstić information content (AvgIpc) is 3.20. The highest BCUT2D eigenvalue weighted by molar-refractivity contribution is 6.32. The number of likely N-dealkylation sites (tertiary alicyclic amines) is 1. The first-order chi connectivity index (χ1) is 13.6. The molecule has 0 aromatic carbocycles. The molecule has 0 saturated carbocycles. The van der Waals surface area contributed by atoms with Crippen LogP contribution in [0, 0.1) is 0 Å². The summed E-state index contributed by atoms with van der Waals surface area (Å²) in [5.41, 5.74) is 1.11. The molecule has 2 fully saturated rings. The number of anilines is 2. The Hall–Kier alpha value is -2.41. The van der Waals surface area contributed by atoms with E-state index >= 15 is 0 Å². The maximum atomic E-state index is 11.7. The van der Waals surface area contributed by atoms with Gasteiger partial charge in [-0.15, -0.1) is 0 Å². The van der Waals surface area contributed by atoms with Crippen LogP contribution in [-0.2, 0) is 4.79 Å². The highest BCUT2D eigenvalue weighted by Gasteiger charge is 2.28. The molecule has 4 heterocycles. The summed E-state index contributed by atoms with van der Waals surface area (Å²) in [5, 5.41) is 3.94. The molecule has 148 valence electrons. The number of carbonyl (C=O) groups is 1. The van der Waals surface area contributed by atoms with Crippen molar-refractivity contribution in [2.24, 2.45) is 0 Å². The fourth-order valence-electron chi connectivity index (χ4n) is 4.02. The van der Waals surface area contributed by atoms with Crippen molar-refractivity contribution in [3.05, 3.63) is 41.3 Å². The Morgan fingerprint density at radius 1 is 1.21 bits per heavy atom. The SMILES string of the molecule is CC(=O)N1CCC[C@H](Nc2ncc(Cl)c(N3CCC(c4ccccn4)C3)n2)C1. The molecule has 2 aromatic heterocycles. The molecule has 2 atom stereocenters. The third-order valence-electron chi connectivity index (χ3n) is 5.52. The van der Waals surface area contributed by atoms with Gasteiger partial charge in [0.1, 0.15) is 5.02 Å². The predicted octanol–water partition coefficient (Wildman–Crippen LogP) is 2.94. The largest absolute Gasteiger partial charge is 0.355 e. The van der Waals surface area contributed by atoms with Crippen molar-refractivity contribution in [3.63, 3.8) is 0 Å². The number of amides is 1. The summed E-state index contributed by atoms with van der Waals surface area (Å²) in [6, 6.07) is 6.20. The predicted molar refractivity (Wildman–Crippen MR) is 110 cm³/mol. The zero-order valence-corrected chi connectivity index (χ0v) is 16.8. The lowest BCUT2D eigenvalue weighted by Crippen LogP contribution is -2.44. The zero-order valence-electron chi connectivity index (χ0n) is 16.0. The topological polar surface area (TPSA) is 74.2 Å². The van der Waals surface area contributed by atoms with Crippen molar-refractivity contribution >= 4 is 29.3 Å². The third-order valence-corrected chi connectivity index (χ3v) is 5.79. The van der Waals surface area contributed by atoms with Gasteiger partial charge in [-0.2, -0.15) is 4.98 Å². The summed E-state index contributed by atoms with van der Waals surface area (Å²) in [4.78, 5) is 29.3. The standard InChI is InChI=1S/C20H25ClN6O/c1-14(28)26-9-4-5-16(13-26)24-20-23-11-17(21)19(25-20)27-10-7-15(12-27)18-6-2-3-8-22-18/h2-3,6,8,11,15-16H,4-5,7,9-10,12-13H2,1H3,(H,23,24,25)/t15?,16-/m0/s1. The maximum Gasteiger partial charge on any atom is 0.224 e. The second kappa shape index (κ2) is 8.31. The van der Waals surface area contributed by atoms with E-state index in [0.29, 0.717) is 23.4 Å². The van der Waals surface area contributed by atoms with E-state index in [0.717, 1.165) is 50.4 Å². The lowest BCUT2D eigenvalue weighted by atomic mass is 10.0. The molecule has 1 N–H and O–H groups in total. The Morgan fingerprint density at radius 2 is 2.11 bits per heavy atom. The first kappa shape index (κ1) is 18.9. The summed E-state index contributed by atoms with van der Waals surface area (Å²) in [7, 11) is 0. The van der Waals surface area contributed by atoms with Crippen molar-refractivity contribution in [1.82, 2.24) is 19.9 Å². The van der Waals surface area contributed by atoms with Crippen LogP contribution in [0.2, 0.25) is 5.02 Å². The number of rotatable bonds is 4. The molecule has 7 nitrogen and oxygen atoms in total. The van der Waals surface area contributed by atoms with Crippen LogP contribution in [-0.4, -0.2) is 58.0 Å². The molecular formula is C20H25ClN6O. The van der Waals surface area contributed by atoms with Crippen LogP contribution in [0.3, 0.4) is 0 Å². The number of hydrogen-bond acceptors (Lipinski definition) is 6. The Balaban J connectivity index is 1.45. The second-order valence-corrected chi connectivity index (χ2v) is 7.91. The van der Waals surface area contributed by atoms with Crippen molar-refractivity contribution in [3.8, 4) is 0 Å². The van der Waals surface area contributed by atoms with E-state index in [2.05, 4.69) is 26.3 Å². The molecule has 2 saturated heterocycles. The van der Waals surface area contributed by atoms with Crippen LogP contribution in [0.1, 0.15) is 37.8 Å². The van der Waals surface area contributed by atoms with Gasteiger partial charge in [-0.25, -0.2) is 4.98 Å². The molecule has 8 heteroatoms. The van der Waals surface area contributed by atoms with Crippen LogP contribution in [0.4, 0.5) is 11.8 Å². The molecule has 0 bridgehead atoms. The Labute approximate surface area is 170 Å². The van der Waals surface area contributed by atoms with E-state index < -0.39 is 0 Å². The van der Waals surface area contributed by atoms with Gasteiger partial charge in [-0.3, -0.25) is 9.78 Å². The van der Waals surface area contributed by atoms with Gasteiger partial charge in [0.2, 0.25) is 11.9 Å². The van der Waals surface area contributed by atoms with Gasteiger partial charge in [-0.05, 0) is 31.4 Å². The third kappa shape index (κ3) is 4.19. The minimum absolute atomic E-state index is 0.113. The van der Waals surface area contributed by atoms with Gasteiger partial charge in [-0.1, -0.05) is 17.7 Å². The lowest BCUT2D eigenvalue weighted by Gasteiger charge is -2.32. The van der Waals surface area contributed by atoms with Crippen LogP contribution in [0.25, 0.3) is 0 Å².